The smallest absolute Gasteiger partial charge is 0.408 e. The first kappa shape index (κ1) is 40.4. The van der Waals surface area contributed by atoms with Crippen LogP contribution >= 0.6 is 34.5 Å². The van der Waals surface area contributed by atoms with Crippen LogP contribution in [0.2, 0.25) is 5.02 Å². The zero-order valence-corrected chi connectivity index (χ0v) is 33.2. The van der Waals surface area contributed by atoms with E-state index in [4.69, 9.17) is 30.8 Å². The van der Waals surface area contributed by atoms with Crippen LogP contribution in [0, 0.1) is 12.1 Å². The second kappa shape index (κ2) is 17.4. The number of likely N-dealkylation sites (N-methyl/N-ethyl adjacent to an activating group) is 1. The molecule has 1 unspecified atom stereocenters. The third kappa shape index (κ3) is 9.50. The molecule has 1 atom stereocenters. The Bertz CT molecular complexity index is 2360. The minimum Gasteiger partial charge on any atom is -0.491 e. The molecular weight excluding hydrogens is 808 g/mol. The fourth-order valence-electron chi connectivity index (χ4n) is 6.56. The van der Waals surface area contributed by atoms with Crippen LogP contribution < -0.4 is 14.2 Å². The molecule has 0 spiro atoms. The Kier molecular flexibility index (Phi) is 12.3. The number of hydrogen-bond donors (Lipinski definition) is 1. The third-order valence-corrected chi connectivity index (χ3v) is 11.7. The lowest BCUT2D eigenvalue weighted by molar-refractivity contribution is -0.145. The molecule has 0 radical (unpaired) electrons. The van der Waals surface area contributed by atoms with E-state index in [2.05, 4.69) is 26.3 Å². The van der Waals surface area contributed by atoms with E-state index in [1.165, 1.54) is 18.3 Å². The van der Waals surface area contributed by atoms with Crippen molar-refractivity contribution in [3.8, 4) is 39.1 Å². The molecule has 18 heteroatoms. The number of piperazine rings is 1. The minimum absolute atomic E-state index is 0.0237. The van der Waals surface area contributed by atoms with E-state index in [1.807, 2.05) is 13.0 Å². The maximum absolute atomic E-state index is 14.5. The molecule has 1 saturated heterocycles. The number of thiophene rings is 1. The van der Waals surface area contributed by atoms with Gasteiger partial charge in [-0.1, -0.05) is 35.9 Å². The molecule has 0 aliphatic carbocycles. The average Bonchev–Trinajstić information content (AvgIpc) is 3.92. The molecule has 57 heavy (non-hydrogen) atoms. The Hall–Kier alpha value is -4.81. The number of ether oxygens (including phenoxy) is 3. The molecule has 300 valence electrons. The number of carboxylic acid groups (broad SMARTS) is 1. The van der Waals surface area contributed by atoms with Crippen molar-refractivity contribution < 1.29 is 41.7 Å². The van der Waals surface area contributed by atoms with Crippen molar-refractivity contribution >= 4 is 50.5 Å². The van der Waals surface area contributed by atoms with E-state index in [-0.39, 0.29) is 30.4 Å². The van der Waals surface area contributed by atoms with Gasteiger partial charge in [-0.25, -0.2) is 4.79 Å². The fourth-order valence-corrected chi connectivity index (χ4v) is 8.20. The quantitative estimate of drug-likeness (QED) is 0.102. The van der Waals surface area contributed by atoms with Crippen LogP contribution in [-0.4, -0.2) is 98.7 Å². The van der Waals surface area contributed by atoms with Crippen LogP contribution in [0.5, 0.6) is 17.4 Å². The summed E-state index contributed by atoms with van der Waals surface area (Å²) < 4.78 is 77.9. The second-order valence-electron chi connectivity index (χ2n) is 13.5. The summed E-state index contributed by atoms with van der Waals surface area (Å²) in [4.78, 5) is 22.7. The number of carboxylic acids is 1. The normalized spacial score (nSPS) is 14.6. The van der Waals surface area contributed by atoms with Crippen molar-refractivity contribution in [1.82, 2.24) is 28.9 Å². The largest absolute Gasteiger partial charge is 0.491 e. The standard InChI is InChI=1S/C39H37ClF4N6O5S2/c1-23-26(7-8-28(35(23)40)53-18-17-49-15-13-48(2)14-16-49)33-34-31(20-45-36(33)30-9-10-32(41)56-30)57-47-37(34)55-29(38(51)52)19-24-5-3-4-6-27(24)54-21-25-11-12-46-50(25)22-39(42,43)44/h3-12,20,29H,13-19,21-22H2,1-2H3,(H,51,52). The van der Waals surface area contributed by atoms with Gasteiger partial charge in [0.15, 0.2) is 5.13 Å². The summed E-state index contributed by atoms with van der Waals surface area (Å²) in [6.07, 6.45) is -3.29. The summed E-state index contributed by atoms with van der Waals surface area (Å²) in [6, 6.07) is 14.6. The number of alkyl halides is 3. The van der Waals surface area contributed by atoms with Gasteiger partial charge in [0.2, 0.25) is 12.0 Å². The van der Waals surface area contributed by atoms with Gasteiger partial charge in [0.05, 0.1) is 31.4 Å². The Morgan fingerprint density at radius 2 is 1.82 bits per heavy atom. The lowest BCUT2D eigenvalue weighted by Gasteiger charge is -2.32. The molecule has 6 aromatic rings. The number of fused-ring (bicyclic) bond motifs is 1. The number of aromatic nitrogens is 4. The molecule has 0 bridgehead atoms. The number of hydrogen-bond acceptors (Lipinski definition) is 11. The molecule has 2 aromatic carbocycles. The number of halogens is 5. The molecule has 1 fully saturated rings. The Balaban J connectivity index is 1.18. The summed E-state index contributed by atoms with van der Waals surface area (Å²) in [6.45, 7) is 5.41. The van der Waals surface area contributed by atoms with Crippen LogP contribution in [0.1, 0.15) is 16.8 Å². The summed E-state index contributed by atoms with van der Waals surface area (Å²) in [5.74, 6) is -0.496. The number of benzene rings is 2. The predicted molar refractivity (Wildman–Crippen MR) is 210 cm³/mol. The van der Waals surface area contributed by atoms with Gasteiger partial charge in [0.25, 0.3) is 0 Å². The van der Waals surface area contributed by atoms with Gasteiger partial charge in [-0.05, 0) is 72.5 Å². The molecular formula is C39H37ClF4N6O5S2. The van der Waals surface area contributed by atoms with Gasteiger partial charge < -0.3 is 24.2 Å². The van der Waals surface area contributed by atoms with E-state index in [0.29, 0.717) is 60.3 Å². The topological polar surface area (TPSA) is 115 Å². The van der Waals surface area contributed by atoms with E-state index < -0.39 is 29.9 Å². The highest BCUT2D eigenvalue weighted by molar-refractivity contribution is 7.14. The maximum atomic E-state index is 14.5. The summed E-state index contributed by atoms with van der Waals surface area (Å²) in [7, 11) is 2.10. The van der Waals surface area contributed by atoms with Crippen LogP contribution in [0.15, 0.2) is 67.0 Å². The highest BCUT2D eigenvalue weighted by Gasteiger charge is 2.30. The van der Waals surface area contributed by atoms with Crippen molar-refractivity contribution in [2.45, 2.75) is 38.8 Å². The number of aliphatic carboxylic acids is 1. The number of para-hydroxylation sites is 1. The maximum Gasteiger partial charge on any atom is 0.408 e. The second-order valence-corrected chi connectivity index (χ2v) is 15.7. The van der Waals surface area contributed by atoms with Gasteiger partial charge in [-0.3, -0.25) is 14.6 Å². The van der Waals surface area contributed by atoms with Gasteiger partial charge >= 0.3 is 12.1 Å². The summed E-state index contributed by atoms with van der Waals surface area (Å²) in [5, 5.41) is 14.6. The Morgan fingerprint density at radius 1 is 1.04 bits per heavy atom. The van der Waals surface area contributed by atoms with E-state index >= 15 is 0 Å². The Labute approximate surface area is 338 Å². The summed E-state index contributed by atoms with van der Waals surface area (Å²) >= 11 is 8.95. The van der Waals surface area contributed by atoms with Crippen LogP contribution in [0.4, 0.5) is 17.6 Å². The lowest BCUT2D eigenvalue weighted by Crippen LogP contribution is -2.45. The number of carbonyl (C=O) groups is 1. The van der Waals surface area contributed by atoms with E-state index in [9.17, 15) is 27.5 Å². The average molecular weight is 845 g/mol. The number of pyridine rings is 1. The molecule has 1 aliphatic heterocycles. The molecule has 0 amide bonds. The SMILES string of the molecule is Cc1c(-c2c(-c3ccc(F)s3)ncc3snc(OC(Cc4ccccc4OCc4ccnn4CC(F)(F)F)C(=O)O)c23)ccc(OCCN2CCN(C)CC2)c1Cl. The number of rotatable bonds is 15. The lowest BCUT2D eigenvalue weighted by atomic mass is 9.95. The first-order valence-electron chi connectivity index (χ1n) is 17.9. The van der Waals surface area contributed by atoms with Crippen molar-refractivity contribution in [3.05, 3.63) is 94.0 Å². The van der Waals surface area contributed by atoms with Crippen LogP contribution in [0.25, 0.3) is 31.8 Å². The van der Waals surface area contributed by atoms with Gasteiger partial charge in [-0.15, -0.1) is 11.3 Å². The van der Waals surface area contributed by atoms with Crippen molar-refractivity contribution in [2.75, 3.05) is 46.4 Å². The molecule has 4 aromatic heterocycles. The highest BCUT2D eigenvalue weighted by atomic mass is 35.5. The van der Waals surface area contributed by atoms with Gasteiger partial charge in [0, 0.05) is 57.1 Å². The molecule has 1 aliphatic rings. The first-order chi connectivity index (χ1) is 27.3. The third-order valence-electron chi connectivity index (χ3n) is 9.59. The van der Waals surface area contributed by atoms with Gasteiger partial charge in [0.1, 0.15) is 31.3 Å². The van der Waals surface area contributed by atoms with E-state index in [1.54, 1.807) is 42.6 Å². The predicted octanol–water partition coefficient (Wildman–Crippen LogP) is 8.23. The van der Waals surface area contributed by atoms with Crippen LogP contribution in [-0.2, 0) is 24.4 Å². The molecule has 5 heterocycles. The van der Waals surface area contributed by atoms with Crippen LogP contribution in [0.3, 0.4) is 0 Å². The summed E-state index contributed by atoms with van der Waals surface area (Å²) in [5.41, 5.74) is 2.90. The van der Waals surface area contributed by atoms with Crippen molar-refractivity contribution in [2.24, 2.45) is 0 Å². The zero-order chi connectivity index (χ0) is 40.3. The van der Waals surface area contributed by atoms with Crippen molar-refractivity contribution in [3.63, 3.8) is 0 Å². The molecule has 0 saturated carbocycles. The molecule has 1 N–H and O–H groups in total. The van der Waals surface area contributed by atoms with Crippen molar-refractivity contribution in [1.29, 1.82) is 0 Å². The highest BCUT2D eigenvalue weighted by Crippen LogP contribution is 2.47. The molecule has 11 nitrogen and oxygen atoms in total. The first-order valence-corrected chi connectivity index (χ1v) is 19.9. The monoisotopic (exact) mass is 844 g/mol. The Morgan fingerprint density at radius 3 is 2.56 bits per heavy atom. The zero-order valence-electron chi connectivity index (χ0n) is 30.8. The van der Waals surface area contributed by atoms with E-state index in [0.717, 1.165) is 60.3 Å². The fraction of sp³-hybridized carbons (Fsp3) is 0.333. The van der Waals surface area contributed by atoms with Gasteiger partial charge in [-0.2, -0.15) is 27.0 Å². The minimum atomic E-state index is -4.48. The number of nitrogens with zero attached hydrogens (tertiary/aromatic N) is 6. The molecule has 7 rings (SSSR count).